The molecule has 1 heterocycles. The smallest absolute Gasteiger partial charge is 0.136 e. The van der Waals surface area contributed by atoms with Crippen molar-refractivity contribution in [3.63, 3.8) is 0 Å². The fourth-order valence-corrected chi connectivity index (χ4v) is 2.12. The van der Waals surface area contributed by atoms with Crippen molar-refractivity contribution in [2.24, 2.45) is 0 Å². The molecule has 0 radical (unpaired) electrons. The molecule has 0 aliphatic carbocycles. The number of ether oxygens (including phenoxy) is 1. The molecule has 90 valence electrons. The Morgan fingerprint density at radius 3 is 2.88 bits per heavy atom. The van der Waals surface area contributed by atoms with Crippen LogP contribution in [0.15, 0.2) is 18.2 Å². The molecule has 2 aromatic rings. The zero-order valence-electron chi connectivity index (χ0n) is 10.2. The first kappa shape index (κ1) is 11.9. The average Bonchev–Trinajstić information content (AvgIpc) is 2.75. The minimum Gasteiger partial charge on any atom is -0.487 e. The molecule has 2 rings (SSSR count). The molecular weight excluding hydrogens is 234 g/mol. The summed E-state index contributed by atoms with van der Waals surface area (Å²) < 4.78 is 9.63. The van der Waals surface area contributed by atoms with E-state index in [1.165, 1.54) is 17.1 Å². The number of anilines is 1. The summed E-state index contributed by atoms with van der Waals surface area (Å²) >= 11 is 1.34. The molecule has 0 spiro atoms. The maximum absolute atomic E-state index is 5.74. The monoisotopic (exact) mass is 249 g/mol. The molecule has 0 fully saturated rings. The SMILES string of the molecule is CNc1snnc1COc1ccc(C)cc1C. The summed E-state index contributed by atoms with van der Waals surface area (Å²) in [6, 6.07) is 6.14. The fraction of sp³-hybridized carbons (Fsp3) is 0.333. The second-order valence-corrected chi connectivity index (χ2v) is 4.61. The Morgan fingerprint density at radius 2 is 2.18 bits per heavy atom. The molecule has 0 saturated carbocycles. The second-order valence-electron chi connectivity index (χ2n) is 3.86. The lowest BCUT2D eigenvalue weighted by molar-refractivity contribution is 0.299. The minimum atomic E-state index is 0.441. The third-order valence-electron chi connectivity index (χ3n) is 2.48. The Balaban J connectivity index is 2.07. The van der Waals surface area contributed by atoms with Gasteiger partial charge in [-0.3, -0.25) is 0 Å². The standard InChI is InChI=1S/C12H15N3OS/c1-8-4-5-11(9(2)6-8)16-7-10-12(13-3)17-15-14-10/h4-6,13H,7H2,1-3H3. The van der Waals surface area contributed by atoms with Gasteiger partial charge >= 0.3 is 0 Å². The molecule has 0 aliphatic heterocycles. The van der Waals surface area contributed by atoms with Crippen molar-refractivity contribution in [2.75, 3.05) is 12.4 Å². The Morgan fingerprint density at radius 1 is 1.35 bits per heavy atom. The van der Waals surface area contributed by atoms with Gasteiger partial charge in [-0.15, -0.1) is 5.10 Å². The summed E-state index contributed by atoms with van der Waals surface area (Å²) in [5.41, 5.74) is 3.22. The molecule has 17 heavy (non-hydrogen) atoms. The molecule has 5 heteroatoms. The van der Waals surface area contributed by atoms with Gasteiger partial charge in [-0.05, 0) is 25.5 Å². The van der Waals surface area contributed by atoms with Gasteiger partial charge in [0.15, 0.2) is 0 Å². The summed E-state index contributed by atoms with van der Waals surface area (Å²) in [5, 5.41) is 8.03. The van der Waals surface area contributed by atoms with Crippen molar-refractivity contribution in [3.05, 3.63) is 35.0 Å². The van der Waals surface area contributed by atoms with E-state index < -0.39 is 0 Å². The van der Waals surface area contributed by atoms with Crippen molar-refractivity contribution in [2.45, 2.75) is 20.5 Å². The van der Waals surface area contributed by atoms with Crippen LogP contribution >= 0.6 is 11.5 Å². The predicted molar refractivity (Wildman–Crippen MR) is 69.7 cm³/mol. The highest BCUT2D eigenvalue weighted by molar-refractivity contribution is 7.10. The number of nitrogens with one attached hydrogen (secondary N) is 1. The third-order valence-corrected chi connectivity index (χ3v) is 3.26. The first-order valence-electron chi connectivity index (χ1n) is 5.39. The van der Waals surface area contributed by atoms with E-state index in [9.17, 15) is 0 Å². The number of rotatable bonds is 4. The topological polar surface area (TPSA) is 47.0 Å². The summed E-state index contributed by atoms with van der Waals surface area (Å²) in [6.45, 7) is 4.55. The van der Waals surface area contributed by atoms with Gasteiger partial charge in [-0.25, -0.2) is 0 Å². The molecule has 0 aliphatic rings. The van der Waals surface area contributed by atoms with E-state index in [0.717, 1.165) is 22.0 Å². The molecule has 4 nitrogen and oxygen atoms in total. The lowest BCUT2D eigenvalue weighted by atomic mass is 10.1. The van der Waals surface area contributed by atoms with Crippen LogP contribution in [0.25, 0.3) is 0 Å². The highest BCUT2D eigenvalue weighted by Gasteiger charge is 2.07. The van der Waals surface area contributed by atoms with Crippen molar-refractivity contribution < 1.29 is 4.74 Å². The first-order chi connectivity index (χ1) is 8.20. The molecule has 0 atom stereocenters. The minimum absolute atomic E-state index is 0.441. The van der Waals surface area contributed by atoms with Crippen LogP contribution in [0, 0.1) is 13.8 Å². The van der Waals surface area contributed by atoms with Gasteiger partial charge in [0.25, 0.3) is 0 Å². The third kappa shape index (κ3) is 2.74. The van der Waals surface area contributed by atoms with E-state index in [0.29, 0.717) is 6.61 Å². The van der Waals surface area contributed by atoms with Gasteiger partial charge in [0.1, 0.15) is 23.1 Å². The van der Waals surface area contributed by atoms with Crippen LogP contribution in [0.4, 0.5) is 5.00 Å². The van der Waals surface area contributed by atoms with Gasteiger partial charge < -0.3 is 10.1 Å². The van der Waals surface area contributed by atoms with Gasteiger partial charge in [0, 0.05) is 18.6 Å². The molecule has 0 saturated heterocycles. The number of benzene rings is 1. The molecule has 0 bridgehead atoms. The summed E-state index contributed by atoms with van der Waals surface area (Å²) in [7, 11) is 1.86. The van der Waals surface area contributed by atoms with Crippen molar-refractivity contribution >= 4 is 16.5 Å². The quantitative estimate of drug-likeness (QED) is 0.905. The number of aryl methyl sites for hydroxylation is 2. The largest absolute Gasteiger partial charge is 0.487 e. The zero-order valence-corrected chi connectivity index (χ0v) is 11.0. The number of hydrogen-bond donors (Lipinski definition) is 1. The van der Waals surface area contributed by atoms with Crippen LogP contribution in [-0.2, 0) is 6.61 Å². The fourth-order valence-electron chi connectivity index (χ4n) is 1.60. The summed E-state index contributed by atoms with van der Waals surface area (Å²) in [6.07, 6.45) is 0. The summed E-state index contributed by atoms with van der Waals surface area (Å²) in [5.74, 6) is 0.894. The van der Waals surface area contributed by atoms with E-state index in [2.05, 4.69) is 27.9 Å². The van der Waals surface area contributed by atoms with Gasteiger partial charge in [0.2, 0.25) is 0 Å². The zero-order chi connectivity index (χ0) is 12.3. The Hall–Kier alpha value is -1.62. The van der Waals surface area contributed by atoms with Crippen molar-refractivity contribution in [3.8, 4) is 5.75 Å². The maximum atomic E-state index is 5.74. The Bertz CT molecular complexity index is 510. The molecule has 0 unspecified atom stereocenters. The predicted octanol–water partition coefficient (Wildman–Crippen LogP) is 2.78. The summed E-state index contributed by atoms with van der Waals surface area (Å²) in [4.78, 5) is 0. The lowest BCUT2D eigenvalue weighted by Gasteiger charge is -2.08. The number of nitrogens with zero attached hydrogens (tertiary/aromatic N) is 2. The Labute approximate surface area is 105 Å². The maximum Gasteiger partial charge on any atom is 0.136 e. The van der Waals surface area contributed by atoms with Crippen LogP contribution < -0.4 is 10.1 Å². The van der Waals surface area contributed by atoms with Crippen LogP contribution in [0.5, 0.6) is 5.75 Å². The Kier molecular flexibility index (Phi) is 3.58. The first-order valence-corrected chi connectivity index (χ1v) is 6.17. The van der Waals surface area contributed by atoms with Gasteiger partial charge in [-0.2, -0.15) is 0 Å². The lowest BCUT2D eigenvalue weighted by Crippen LogP contribution is -2.00. The van der Waals surface area contributed by atoms with Crippen molar-refractivity contribution in [1.29, 1.82) is 0 Å². The normalized spacial score (nSPS) is 10.3. The van der Waals surface area contributed by atoms with Gasteiger partial charge in [0.05, 0.1) is 0 Å². The van der Waals surface area contributed by atoms with E-state index in [1.807, 2.05) is 26.1 Å². The molecule has 1 aromatic heterocycles. The average molecular weight is 249 g/mol. The molecule has 1 aromatic carbocycles. The van der Waals surface area contributed by atoms with Gasteiger partial charge in [-0.1, -0.05) is 22.2 Å². The van der Waals surface area contributed by atoms with E-state index in [4.69, 9.17) is 4.74 Å². The highest BCUT2D eigenvalue weighted by atomic mass is 32.1. The molecule has 0 amide bonds. The second kappa shape index (κ2) is 5.14. The van der Waals surface area contributed by atoms with Crippen LogP contribution in [0.3, 0.4) is 0 Å². The van der Waals surface area contributed by atoms with Crippen LogP contribution in [0.1, 0.15) is 16.8 Å². The van der Waals surface area contributed by atoms with Crippen LogP contribution in [0.2, 0.25) is 0 Å². The van der Waals surface area contributed by atoms with Crippen molar-refractivity contribution in [1.82, 2.24) is 9.59 Å². The molecular formula is C12H15N3OS. The molecule has 1 N–H and O–H groups in total. The number of aromatic nitrogens is 2. The van der Waals surface area contributed by atoms with E-state index in [-0.39, 0.29) is 0 Å². The van der Waals surface area contributed by atoms with Crippen LogP contribution in [-0.4, -0.2) is 16.6 Å². The number of hydrogen-bond acceptors (Lipinski definition) is 5. The highest BCUT2D eigenvalue weighted by Crippen LogP contribution is 2.22. The van der Waals surface area contributed by atoms with E-state index in [1.54, 1.807) is 0 Å². The van der Waals surface area contributed by atoms with E-state index >= 15 is 0 Å².